The minimum Gasteiger partial charge on any atom is -0.268 e. The van der Waals surface area contributed by atoms with Gasteiger partial charge >= 0.3 is 0 Å². The van der Waals surface area contributed by atoms with Crippen LogP contribution in [0.15, 0.2) is 60.9 Å². The molecule has 0 fully saturated rings. The highest BCUT2D eigenvalue weighted by Crippen LogP contribution is 2.22. The zero-order valence-electron chi connectivity index (χ0n) is 11.9. The lowest BCUT2D eigenvalue weighted by Crippen LogP contribution is -1.99. The van der Waals surface area contributed by atoms with Crippen molar-refractivity contribution in [3.63, 3.8) is 0 Å². The molecule has 3 aromatic rings. The van der Waals surface area contributed by atoms with Crippen LogP contribution in [0.4, 0.5) is 0 Å². The van der Waals surface area contributed by atoms with Crippen LogP contribution in [-0.4, -0.2) is 9.78 Å². The molecule has 2 nitrogen and oxygen atoms in total. The molecule has 100 valence electrons. The van der Waals surface area contributed by atoms with Gasteiger partial charge in [-0.05, 0) is 30.5 Å². The number of nitrogens with zero attached hydrogens (tertiary/aromatic N) is 2. The van der Waals surface area contributed by atoms with Gasteiger partial charge in [-0.2, -0.15) is 5.10 Å². The molecule has 0 saturated carbocycles. The van der Waals surface area contributed by atoms with Crippen molar-refractivity contribution in [1.82, 2.24) is 9.78 Å². The molecule has 0 unspecified atom stereocenters. The van der Waals surface area contributed by atoms with Gasteiger partial charge in [-0.15, -0.1) is 0 Å². The van der Waals surface area contributed by atoms with E-state index in [1.165, 1.54) is 27.8 Å². The highest BCUT2D eigenvalue weighted by atomic mass is 15.3. The van der Waals surface area contributed by atoms with Gasteiger partial charge in [0.15, 0.2) is 0 Å². The second kappa shape index (κ2) is 5.33. The van der Waals surface area contributed by atoms with Crippen LogP contribution < -0.4 is 0 Å². The first kappa shape index (κ1) is 12.7. The molecule has 2 aromatic carbocycles. The topological polar surface area (TPSA) is 17.8 Å². The molecular formula is C18H18N2. The van der Waals surface area contributed by atoms with Crippen molar-refractivity contribution in [2.24, 2.45) is 0 Å². The summed E-state index contributed by atoms with van der Waals surface area (Å²) in [4.78, 5) is 0. The summed E-state index contributed by atoms with van der Waals surface area (Å²) in [5.74, 6) is 0. The molecule has 0 aliphatic heterocycles. The van der Waals surface area contributed by atoms with E-state index in [-0.39, 0.29) is 0 Å². The second-order valence-electron chi connectivity index (χ2n) is 5.23. The van der Waals surface area contributed by atoms with Gasteiger partial charge in [0.1, 0.15) is 0 Å². The number of rotatable bonds is 3. The van der Waals surface area contributed by atoms with E-state index in [1.54, 1.807) is 0 Å². The van der Waals surface area contributed by atoms with Crippen molar-refractivity contribution >= 4 is 0 Å². The van der Waals surface area contributed by atoms with Crippen molar-refractivity contribution in [3.05, 3.63) is 77.6 Å². The van der Waals surface area contributed by atoms with Gasteiger partial charge in [-0.3, -0.25) is 4.68 Å². The molecule has 0 atom stereocenters. The van der Waals surface area contributed by atoms with Crippen LogP contribution in [0.25, 0.3) is 11.1 Å². The SMILES string of the molecule is Cc1ccc(Cn2cc(-c3ccccc3C)cn2)cc1. The summed E-state index contributed by atoms with van der Waals surface area (Å²) in [5, 5.41) is 4.47. The summed E-state index contributed by atoms with van der Waals surface area (Å²) < 4.78 is 1.99. The van der Waals surface area contributed by atoms with E-state index in [1.807, 2.05) is 10.9 Å². The van der Waals surface area contributed by atoms with Crippen LogP contribution in [0.3, 0.4) is 0 Å². The number of hydrogen-bond donors (Lipinski definition) is 0. The smallest absolute Gasteiger partial charge is 0.0659 e. The number of aromatic nitrogens is 2. The number of hydrogen-bond acceptors (Lipinski definition) is 1. The lowest BCUT2D eigenvalue weighted by molar-refractivity contribution is 0.687. The van der Waals surface area contributed by atoms with Crippen LogP contribution >= 0.6 is 0 Å². The second-order valence-corrected chi connectivity index (χ2v) is 5.23. The van der Waals surface area contributed by atoms with Crippen LogP contribution in [0.2, 0.25) is 0 Å². The van der Waals surface area contributed by atoms with Gasteiger partial charge in [-0.25, -0.2) is 0 Å². The molecule has 2 heteroatoms. The summed E-state index contributed by atoms with van der Waals surface area (Å²) in [6.07, 6.45) is 4.05. The van der Waals surface area contributed by atoms with E-state index < -0.39 is 0 Å². The summed E-state index contributed by atoms with van der Waals surface area (Å²) in [6.45, 7) is 5.05. The Bertz CT molecular complexity index is 708. The molecule has 20 heavy (non-hydrogen) atoms. The summed E-state index contributed by atoms with van der Waals surface area (Å²) in [6, 6.07) is 17.0. The van der Waals surface area contributed by atoms with Gasteiger partial charge < -0.3 is 0 Å². The third kappa shape index (κ3) is 2.64. The normalized spacial score (nSPS) is 10.7. The van der Waals surface area contributed by atoms with Crippen LogP contribution in [0.1, 0.15) is 16.7 Å². The number of aryl methyl sites for hydroxylation is 2. The van der Waals surface area contributed by atoms with E-state index in [4.69, 9.17) is 0 Å². The Balaban J connectivity index is 1.84. The monoisotopic (exact) mass is 262 g/mol. The predicted molar refractivity (Wildman–Crippen MR) is 82.7 cm³/mol. The average molecular weight is 262 g/mol. The maximum atomic E-state index is 4.47. The zero-order chi connectivity index (χ0) is 13.9. The Morgan fingerprint density at radius 2 is 1.70 bits per heavy atom. The Labute approximate surface area is 119 Å². The van der Waals surface area contributed by atoms with Crippen molar-refractivity contribution < 1.29 is 0 Å². The van der Waals surface area contributed by atoms with Crippen LogP contribution in [0.5, 0.6) is 0 Å². The maximum Gasteiger partial charge on any atom is 0.0659 e. The van der Waals surface area contributed by atoms with Gasteiger partial charge in [0, 0.05) is 11.8 Å². The third-order valence-corrected chi connectivity index (χ3v) is 3.55. The Morgan fingerprint density at radius 3 is 2.45 bits per heavy atom. The average Bonchev–Trinajstić information content (AvgIpc) is 2.90. The fourth-order valence-electron chi connectivity index (χ4n) is 2.37. The van der Waals surface area contributed by atoms with Crippen LogP contribution in [0, 0.1) is 13.8 Å². The predicted octanol–water partition coefficient (Wildman–Crippen LogP) is 4.22. The van der Waals surface area contributed by atoms with Crippen molar-refractivity contribution in [1.29, 1.82) is 0 Å². The molecule has 0 amide bonds. The quantitative estimate of drug-likeness (QED) is 0.691. The first-order valence-electron chi connectivity index (χ1n) is 6.86. The molecule has 0 bridgehead atoms. The van der Waals surface area contributed by atoms with Crippen LogP contribution in [-0.2, 0) is 6.54 Å². The largest absolute Gasteiger partial charge is 0.268 e. The van der Waals surface area contributed by atoms with Gasteiger partial charge in [0.2, 0.25) is 0 Å². The lowest BCUT2D eigenvalue weighted by atomic mass is 10.0. The van der Waals surface area contributed by atoms with E-state index in [0.29, 0.717) is 0 Å². The number of benzene rings is 2. The van der Waals surface area contributed by atoms with Crippen molar-refractivity contribution in [2.45, 2.75) is 20.4 Å². The van der Waals surface area contributed by atoms with Gasteiger partial charge in [0.25, 0.3) is 0 Å². The standard InChI is InChI=1S/C18H18N2/c1-14-7-9-16(10-8-14)12-20-13-17(11-19-20)18-6-4-3-5-15(18)2/h3-11,13H,12H2,1-2H3. The molecule has 0 spiro atoms. The molecule has 0 radical (unpaired) electrons. The Hall–Kier alpha value is -2.35. The lowest BCUT2D eigenvalue weighted by Gasteiger charge is -2.03. The summed E-state index contributed by atoms with van der Waals surface area (Å²) >= 11 is 0. The molecule has 1 aromatic heterocycles. The fraction of sp³-hybridized carbons (Fsp3) is 0.167. The minimum atomic E-state index is 0.812. The van der Waals surface area contributed by atoms with Gasteiger partial charge in [0.05, 0.1) is 12.7 Å². The van der Waals surface area contributed by atoms with E-state index in [2.05, 4.69) is 73.7 Å². The molecule has 3 rings (SSSR count). The van der Waals surface area contributed by atoms with E-state index >= 15 is 0 Å². The maximum absolute atomic E-state index is 4.47. The summed E-state index contributed by atoms with van der Waals surface area (Å²) in [7, 11) is 0. The molecular weight excluding hydrogens is 244 g/mol. The fourth-order valence-corrected chi connectivity index (χ4v) is 2.37. The molecule has 1 heterocycles. The summed E-state index contributed by atoms with van der Waals surface area (Å²) in [5.41, 5.74) is 6.27. The van der Waals surface area contributed by atoms with Crippen molar-refractivity contribution in [2.75, 3.05) is 0 Å². The highest BCUT2D eigenvalue weighted by molar-refractivity contribution is 5.65. The van der Waals surface area contributed by atoms with E-state index in [0.717, 1.165) is 6.54 Å². The molecule has 0 N–H and O–H groups in total. The van der Waals surface area contributed by atoms with E-state index in [9.17, 15) is 0 Å². The third-order valence-electron chi connectivity index (χ3n) is 3.55. The first-order chi connectivity index (χ1) is 9.72. The minimum absolute atomic E-state index is 0.812. The molecule has 0 saturated heterocycles. The van der Waals surface area contributed by atoms with Gasteiger partial charge in [-0.1, -0.05) is 54.1 Å². The molecule has 0 aliphatic carbocycles. The first-order valence-corrected chi connectivity index (χ1v) is 6.86. The Kier molecular flexibility index (Phi) is 3.38. The zero-order valence-corrected chi connectivity index (χ0v) is 11.9. The molecule has 0 aliphatic rings. The highest BCUT2D eigenvalue weighted by Gasteiger charge is 2.04. The Morgan fingerprint density at radius 1 is 0.950 bits per heavy atom. The van der Waals surface area contributed by atoms with Crippen molar-refractivity contribution in [3.8, 4) is 11.1 Å².